The molecular weight excluding hydrogens is 292 g/mol. The molecule has 0 saturated heterocycles. The average molecular weight is 308 g/mol. The summed E-state index contributed by atoms with van der Waals surface area (Å²) in [5.74, 6) is -1.10. The topological polar surface area (TPSA) is 92.4 Å². The lowest BCUT2D eigenvalue weighted by molar-refractivity contribution is -0.124. The van der Waals surface area contributed by atoms with Gasteiger partial charge in [0, 0.05) is 11.6 Å². The van der Waals surface area contributed by atoms with Crippen LogP contribution in [-0.4, -0.2) is 17.0 Å². The summed E-state index contributed by atoms with van der Waals surface area (Å²) in [6.45, 7) is 0. The van der Waals surface area contributed by atoms with E-state index in [1.54, 1.807) is 24.3 Å². The number of amides is 2. The van der Waals surface area contributed by atoms with Gasteiger partial charge in [0.2, 0.25) is 5.91 Å². The molecule has 0 aromatic heterocycles. The van der Waals surface area contributed by atoms with Crippen LogP contribution in [0.25, 0.3) is 17.7 Å². The normalized spacial score (nSPS) is 11.4. The number of hydrogen-bond donors (Lipinski definition) is 3. The van der Waals surface area contributed by atoms with Crippen LogP contribution >= 0.6 is 0 Å². The molecule has 4 N–H and O–H groups in total. The van der Waals surface area contributed by atoms with E-state index >= 15 is 0 Å². The van der Waals surface area contributed by atoms with E-state index in [-0.39, 0.29) is 0 Å². The zero-order valence-electron chi connectivity index (χ0n) is 12.3. The van der Waals surface area contributed by atoms with Gasteiger partial charge in [-0.2, -0.15) is 0 Å². The van der Waals surface area contributed by atoms with Crippen molar-refractivity contribution in [2.45, 2.75) is 0 Å². The third-order valence-electron chi connectivity index (χ3n) is 3.14. The van der Waals surface area contributed by atoms with Crippen molar-refractivity contribution in [3.8, 4) is 0 Å². The highest BCUT2D eigenvalue weighted by Crippen LogP contribution is 2.18. The van der Waals surface area contributed by atoms with Crippen molar-refractivity contribution in [1.29, 1.82) is 0 Å². The standard InChI is InChI=1S/C18H16N2O3/c19-18(22)16(15-4-2-1-3-5-15)12-14-8-6-13(7-9-14)10-11-17(21)20-23/h1-12,23H,(H2,19,22)(H,20,21)/b11-10+,16-12-. The number of hydroxylamine groups is 1. The first-order valence-corrected chi connectivity index (χ1v) is 6.89. The van der Waals surface area contributed by atoms with Gasteiger partial charge >= 0.3 is 0 Å². The Kier molecular flexibility index (Phi) is 5.44. The largest absolute Gasteiger partial charge is 0.366 e. The van der Waals surface area contributed by atoms with Gasteiger partial charge in [0.1, 0.15) is 0 Å². The molecule has 2 aromatic carbocycles. The van der Waals surface area contributed by atoms with Crippen LogP contribution in [0.15, 0.2) is 60.7 Å². The van der Waals surface area contributed by atoms with Crippen molar-refractivity contribution in [1.82, 2.24) is 5.48 Å². The lowest BCUT2D eigenvalue weighted by Crippen LogP contribution is -2.14. The molecule has 0 atom stereocenters. The Morgan fingerprint density at radius 3 is 2.13 bits per heavy atom. The summed E-state index contributed by atoms with van der Waals surface area (Å²) in [5, 5.41) is 8.41. The number of benzene rings is 2. The predicted octanol–water partition coefficient (Wildman–Crippen LogP) is 2.23. The van der Waals surface area contributed by atoms with Crippen LogP contribution in [0.4, 0.5) is 0 Å². The fraction of sp³-hybridized carbons (Fsp3) is 0. The van der Waals surface area contributed by atoms with Crippen molar-refractivity contribution in [3.63, 3.8) is 0 Å². The maximum Gasteiger partial charge on any atom is 0.267 e. The van der Waals surface area contributed by atoms with Crippen LogP contribution in [0.1, 0.15) is 16.7 Å². The molecule has 0 heterocycles. The highest BCUT2D eigenvalue weighted by atomic mass is 16.5. The Morgan fingerprint density at radius 1 is 0.957 bits per heavy atom. The molecule has 5 nitrogen and oxygen atoms in total. The Hall–Kier alpha value is -3.18. The zero-order valence-corrected chi connectivity index (χ0v) is 12.3. The minimum absolute atomic E-state index is 0.425. The number of nitrogens with two attached hydrogens (primary N) is 1. The van der Waals surface area contributed by atoms with Gasteiger partial charge < -0.3 is 5.73 Å². The molecule has 0 unspecified atom stereocenters. The molecule has 2 aromatic rings. The van der Waals surface area contributed by atoms with Crippen LogP contribution < -0.4 is 11.2 Å². The van der Waals surface area contributed by atoms with E-state index in [4.69, 9.17) is 10.9 Å². The van der Waals surface area contributed by atoms with Gasteiger partial charge in [0.05, 0.1) is 0 Å². The molecule has 0 aliphatic carbocycles. The number of primary amides is 1. The van der Waals surface area contributed by atoms with Crippen LogP contribution in [0, 0.1) is 0 Å². The van der Waals surface area contributed by atoms with Gasteiger partial charge in [-0.25, -0.2) is 5.48 Å². The van der Waals surface area contributed by atoms with Gasteiger partial charge in [-0.1, -0.05) is 54.6 Å². The summed E-state index contributed by atoms with van der Waals surface area (Å²) in [7, 11) is 0. The highest BCUT2D eigenvalue weighted by molar-refractivity contribution is 6.23. The van der Waals surface area contributed by atoms with Gasteiger partial charge in [-0.15, -0.1) is 0 Å². The van der Waals surface area contributed by atoms with Crippen molar-refractivity contribution >= 4 is 29.5 Å². The van der Waals surface area contributed by atoms with Gasteiger partial charge in [0.25, 0.3) is 5.91 Å². The number of hydrogen-bond acceptors (Lipinski definition) is 3. The third-order valence-corrected chi connectivity index (χ3v) is 3.14. The van der Waals surface area contributed by atoms with Crippen molar-refractivity contribution in [3.05, 3.63) is 77.4 Å². The number of nitrogens with one attached hydrogen (secondary N) is 1. The first-order valence-electron chi connectivity index (χ1n) is 6.89. The monoisotopic (exact) mass is 308 g/mol. The molecule has 0 bridgehead atoms. The Bertz CT molecular complexity index is 748. The molecule has 2 rings (SSSR count). The first kappa shape index (κ1) is 16.2. The molecule has 0 fully saturated rings. The lowest BCUT2D eigenvalue weighted by Gasteiger charge is -2.04. The van der Waals surface area contributed by atoms with Crippen LogP contribution in [0.5, 0.6) is 0 Å². The highest BCUT2D eigenvalue weighted by Gasteiger charge is 2.07. The summed E-state index contributed by atoms with van der Waals surface area (Å²) >= 11 is 0. The number of rotatable bonds is 5. The minimum atomic E-state index is -0.603. The van der Waals surface area contributed by atoms with Crippen LogP contribution in [-0.2, 0) is 9.59 Å². The van der Waals surface area contributed by atoms with E-state index in [9.17, 15) is 9.59 Å². The van der Waals surface area contributed by atoms with Gasteiger partial charge in [-0.3, -0.25) is 14.8 Å². The predicted molar refractivity (Wildman–Crippen MR) is 88.9 cm³/mol. The Balaban J connectivity index is 2.25. The molecule has 116 valence electrons. The van der Waals surface area contributed by atoms with Crippen molar-refractivity contribution < 1.29 is 14.8 Å². The summed E-state index contributed by atoms with van der Waals surface area (Å²) in [6, 6.07) is 16.4. The maximum absolute atomic E-state index is 11.7. The Labute approximate surface area is 133 Å². The molecule has 0 saturated carbocycles. The molecule has 5 heteroatoms. The smallest absolute Gasteiger partial charge is 0.267 e. The number of carbonyl (C=O) groups excluding carboxylic acids is 2. The van der Waals surface area contributed by atoms with Gasteiger partial charge in [-0.05, 0) is 28.8 Å². The Morgan fingerprint density at radius 2 is 1.57 bits per heavy atom. The third kappa shape index (κ3) is 4.66. The summed E-state index contributed by atoms with van der Waals surface area (Å²) in [4.78, 5) is 22.6. The van der Waals surface area contributed by atoms with E-state index in [1.807, 2.05) is 42.5 Å². The second kappa shape index (κ2) is 7.72. The van der Waals surface area contributed by atoms with E-state index in [1.165, 1.54) is 11.6 Å². The SMILES string of the molecule is NC(=O)/C(=C\c1ccc(/C=C/C(=O)NO)cc1)c1ccccc1. The second-order valence-electron chi connectivity index (χ2n) is 4.76. The zero-order chi connectivity index (χ0) is 16.7. The minimum Gasteiger partial charge on any atom is -0.366 e. The molecule has 2 amide bonds. The maximum atomic E-state index is 11.7. The summed E-state index contributed by atoms with van der Waals surface area (Å²) in [6.07, 6.45) is 4.49. The average Bonchev–Trinajstić information content (AvgIpc) is 2.59. The van der Waals surface area contributed by atoms with E-state index < -0.39 is 11.8 Å². The van der Waals surface area contributed by atoms with Crippen LogP contribution in [0.2, 0.25) is 0 Å². The molecule has 23 heavy (non-hydrogen) atoms. The summed E-state index contributed by atoms with van der Waals surface area (Å²) in [5.41, 5.74) is 9.75. The molecule has 0 aliphatic rings. The number of carbonyl (C=O) groups is 2. The lowest BCUT2D eigenvalue weighted by atomic mass is 10.0. The van der Waals surface area contributed by atoms with E-state index in [0.29, 0.717) is 5.57 Å². The molecular formula is C18H16N2O3. The van der Waals surface area contributed by atoms with Crippen molar-refractivity contribution in [2.24, 2.45) is 5.73 Å². The molecule has 0 aliphatic heterocycles. The van der Waals surface area contributed by atoms with Gasteiger partial charge in [0.15, 0.2) is 0 Å². The van der Waals surface area contributed by atoms with E-state index in [0.717, 1.165) is 16.7 Å². The first-order chi connectivity index (χ1) is 11.1. The quantitative estimate of drug-likeness (QED) is 0.342. The molecule has 0 spiro atoms. The van der Waals surface area contributed by atoms with E-state index in [2.05, 4.69) is 0 Å². The fourth-order valence-corrected chi connectivity index (χ4v) is 1.99. The van der Waals surface area contributed by atoms with Crippen molar-refractivity contribution in [2.75, 3.05) is 0 Å². The second-order valence-corrected chi connectivity index (χ2v) is 4.76. The van der Waals surface area contributed by atoms with Crippen LogP contribution in [0.3, 0.4) is 0 Å². The summed E-state index contributed by atoms with van der Waals surface area (Å²) < 4.78 is 0. The fourth-order valence-electron chi connectivity index (χ4n) is 1.99. The molecule has 0 radical (unpaired) electrons.